The van der Waals surface area contributed by atoms with Gasteiger partial charge in [-0.1, -0.05) is 23.7 Å². The number of hydrogen-bond donors (Lipinski definition) is 0. The molecule has 5 heteroatoms. The minimum absolute atomic E-state index is 0.0335. The van der Waals surface area contributed by atoms with Crippen molar-refractivity contribution in [3.63, 3.8) is 0 Å². The highest BCUT2D eigenvalue weighted by atomic mass is 35.5. The van der Waals surface area contributed by atoms with Crippen molar-refractivity contribution in [2.24, 2.45) is 4.99 Å². The molecule has 0 spiro atoms. The second-order valence-electron chi connectivity index (χ2n) is 5.97. The third-order valence-electron chi connectivity index (χ3n) is 4.61. The highest BCUT2D eigenvalue weighted by Gasteiger charge is 2.34. The van der Waals surface area contributed by atoms with Crippen LogP contribution in [-0.2, 0) is 6.54 Å². The summed E-state index contributed by atoms with van der Waals surface area (Å²) in [6.07, 6.45) is 2.65. The Balaban J connectivity index is 1.59. The molecule has 0 bridgehead atoms. The number of rotatable bonds is 2. The predicted octanol–water partition coefficient (Wildman–Crippen LogP) is 3.64. The van der Waals surface area contributed by atoms with Crippen LogP contribution in [-0.4, -0.2) is 28.0 Å². The molecule has 2 aromatic rings. The van der Waals surface area contributed by atoms with Crippen LogP contribution in [0.15, 0.2) is 41.5 Å². The number of aromatic nitrogens is 1. The van der Waals surface area contributed by atoms with Gasteiger partial charge < -0.3 is 4.90 Å². The van der Waals surface area contributed by atoms with Crippen LogP contribution in [0.2, 0.25) is 5.02 Å². The van der Waals surface area contributed by atoms with Gasteiger partial charge in [-0.15, -0.1) is 0 Å². The molecule has 4 nitrogen and oxygen atoms in total. The van der Waals surface area contributed by atoms with Gasteiger partial charge >= 0.3 is 0 Å². The zero-order valence-corrected chi connectivity index (χ0v) is 13.5. The summed E-state index contributed by atoms with van der Waals surface area (Å²) in [7, 11) is 0. The molecule has 116 valence electrons. The van der Waals surface area contributed by atoms with E-state index in [1.807, 2.05) is 42.2 Å². The van der Waals surface area contributed by atoms with Crippen LogP contribution >= 0.6 is 11.6 Å². The molecule has 1 saturated heterocycles. The number of carbonyl (C=O) groups excluding carboxylic acids is 1. The lowest BCUT2D eigenvalue weighted by molar-refractivity contribution is 0.0460. The van der Waals surface area contributed by atoms with E-state index >= 15 is 0 Å². The number of nitrogens with zero attached hydrogens (tertiary/aromatic N) is 3. The SMILES string of the molecule is CC1=NCc2ncc(C(=O)N3CC[C@@H]3c3ccc(Cl)cc3)cc21. The zero-order chi connectivity index (χ0) is 16.0. The van der Waals surface area contributed by atoms with Crippen LogP contribution in [0.5, 0.6) is 0 Å². The van der Waals surface area contributed by atoms with Gasteiger partial charge in [0.15, 0.2) is 0 Å². The Bertz CT molecular complexity index is 814. The van der Waals surface area contributed by atoms with Gasteiger partial charge in [0.25, 0.3) is 5.91 Å². The van der Waals surface area contributed by atoms with E-state index in [4.69, 9.17) is 11.6 Å². The van der Waals surface area contributed by atoms with Gasteiger partial charge in [-0.25, -0.2) is 0 Å². The minimum Gasteiger partial charge on any atom is -0.331 e. The van der Waals surface area contributed by atoms with Crippen molar-refractivity contribution in [2.75, 3.05) is 6.54 Å². The molecule has 23 heavy (non-hydrogen) atoms. The van der Waals surface area contributed by atoms with Gasteiger partial charge in [-0.3, -0.25) is 14.8 Å². The molecule has 2 aliphatic rings. The summed E-state index contributed by atoms with van der Waals surface area (Å²) in [6.45, 7) is 3.35. The largest absolute Gasteiger partial charge is 0.331 e. The van der Waals surface area contributed by atoms with Crippen molar-refractivity contribution in [1.29, 1.82) is 0 Å². The van der Waals surface area contributed by atoms with Gasteiger partial charge in [0.1, 0.15) is 0 Å². The van der Waals surface area contributed by atoms with E-state index in [2.05, 4.69) is 9.98 Å². The predicted molar refractivity (Wildman–Crippen MR) is 90.0 cm³/mol. The lowest BCUT2D eigenvalue weighted by Gasteiger charge is -2.41. The van der Waals surface area contributed by atoms with Crippen molar-refractivity contribution in [3.05, 3.63) is 63.9 Å². The van der Waals surface area contributed by atoms with Crippen LogP contribution < -0.4 is 0 Å². The van der Waals surface area contributed by atoms with E-state index in [0.717, 1.165) is 35.5 Å². The quantitative estimate of drug-likeness (QED) is 0.846. The summed E-state index contributed by atoms with van der Waals surface area (Å²) < 4.78 is 0. The van der Waals surface area contributed by atoms with Crippen molar-refractivity contribution in [2.45, 2.75) is 25.9 Å². The summed E-state index contributed by atoms with van der Waals surface area (Å²) in [5.74, 6) is 0.0335. The maximum atomic E-state index is 12.8. The first-order valence-electron chi connectivity index (χ1n) is 7.70. The van der Waals surface area contributed by atoms with Gasteiger partial charge in [0, 0.05) is 29.0 Å². The lowest BCUT2D eigenvalue weighted by atomic mass is 9.93. The smallest absolute Gasteiger partial charge is 0.255 e. The van der Waals surface area contributed by atoms with Gasteiger partial charge in [0.05, 0.1) is 23.8 Å². The number of likely N-dealkylation sites (tertiary alicyclic amines) is 1. The van der Waals surface area contributed by atoms with Crippen molar-refractivity contribution in [3.8, 4) is 0 Å². The number of benzene rings is 1. The third-order valence-corrected chi connectivity index (χ3v) is 4.86. The molecule has 1 aromatic heterocycles. The highest BCUT2D eigenvalue weighted by Crippen LogP contribution is 2.35. The van der Waals surface area contributed by atoms with E-state index in [-0.39, 0.29) is 11.9 Å². The second kappa shape index (κ2) is 5.46. The maximum absolute atomic E-state index is 12.8. The van der Waals surface area contributed by atoms with Crippen molar-refractivity contribution in [1.82, 2.24) is 9.88 Å². The Morgan fingerprint density at radius 2 is 2.09 bits per heavy atom. The number of fused-ring (bicyclic) bond motifs is 1. The molecular formula is C18H16ClN3O. The Hall–Kier alpha value is -2.20. The summed E-state index contributed by atoms with van der Waals surface area (Å²) in [5.41, 5.74) is 4.68. The topological polar surface area (TPSA) is 45.6 Å². The first kappa shape index (κ1) is 14.4. The fourth-order valence-electron chi connectivity index (χ4n) is 3.16. The average Bonchev–Trinajstić information content (AvgIpc) is 2.89. The summed E-state index contributed by atoms with van der Waals surface area (Å²) in [5, 5.41) is 0.712. The van der Waals surface area contributed by atoms with Gasteiger partial charge in [-0.2, -0.15) is 0 Å². The number of amides is 1. The van der Waals surface area contributed by atoms with E-state index < -0.39 is 0 Å². The lowest BCUT2D eigenvalue weighted by Crippen LogP contribution is -2.45. The number of halogens is 1. The molecule has 2 aliphatic heterocycles. The molecule has 0 radical (unpaired) electrons. The van der Waals surface area contributed by atoms with Crippen LogP contribution in [0, 0.1) is 0 Å². The first-order chi connectivity index (χ1) is 11.1. The van der Waals surface area contributed by atoms with E-state index in [9.17, 15) is 4.79 Å². The van der Waals surface area contributed by atoms with E-state index in [0.29, 0.717) is 17.1 Å². The molecule has 1 aromatic carbocycles. The molecule has 3 heterocycles. The van der Waals surface area contributed by atoms with Crippen LogP contribution in [0.3, 0.4) is 0 Å². The van der Waals surface area contributed by atoms with Crippen LogP contribution in [0.1, 0.15) is 46.6 Å². The summed E-state index contributed by atoms with van der Waals surface area (Å²) >= 11 is 5.94. The monoisotopic (exact) mass is 325 g/mol. The average molecular weight is 326 g/mol. The second-order valence-corrected chi connectivity index (χ2v) is 6.41. The molecule has 1 amide bonds. The Kier molecular flexibility index (Phi) is 3.42. The molecular weight excluding hydrogens is 310 g/mol. The maximum Gasteiger partial charge on any atom is 0.255 e. The number of carbonyl (C=O) groups is 1. The number of pyridine rings is 1. The molecule has 0 saturated carbocycles. The van der Waals surface area contributed by atoms with Gasteiger partial charge in [-0.05, 0) is 37.1 Å². The molecule has 1 atom stereocenters. The van der Waals surface area contributed by atoms with E-state index in [1.54, 1.807) is 6.20 Å². The molecule has 0 N–H and O–H groups in total. The Morgan fingerprint density at radius 3 is 2.78 bits per heavy atom. The molecule has 4 rings (SSSR count). The zero-order valence-electron chi connectivity index (χ0n) is 12.8. The van der Waals surface area contributed by atoms with Crippen LogP contribution in [0.4, 0.5) is 0 Å². The highest BCUT2D eigenvalue weighted by molar-refractivity contribution is 6.30. The van der Waals surface area contributed by atoms with E-state index in [1.165, 1.54) is 0 Å². The Labute approximate surface area is 139 Å². The fourth-order valence-corrected chi connectivity index (χ4v) is 3.28. The van der Waals surface area contributed by atoms with Crippen LogP contribution in [0.25, 0.3) is 0 Å². The normalized spacial score (nSPS) is 19.1. The first-order valence-corrected chi connectivity index (χ1v) is 8.08. The summed E-state index contributed by atoms with van der Waals surface area (Å²) in [6, 6.07) is 9.77. The van der Waals surface area contributed by atoms with Crippen molar-refractivity contribution >= 4 is 23.2 Å². The third kappa shape index (κ3) is 2.43. The standard InChI is InChI=1S/C18H16ClN3O/c1-11-15-8-13(9-21-16(15)10-20-11)18(23)22-7-6-17(22)12-2-4-14(19)5-3-12/h2-5,8-9,17H,6-7,10H2,1H3/t17-/m1/s1. The van der Waals surface area contributed by atoms with Gasteiger partial charge in [0.2, 0.25) is 0 Å². The Morgan fingerprint density at radius 1 is 1.30 bits per heavy atom. The summed E-state index contributed by atoms with van der Waals surface area (Å²) in [4.78, 5) is 23.5. The van der Waals surface area contributed by atoms with Crippen molar-refractivity contribution < 1.29 is 4.79 Å². The molecule has 0 unspecified atom stereocenters. The molecule has 1 fully saturated rings. The number of aliphatic imine (C=N–C) groups is 1. The number of hydrogen-bond acceptors (Lipinski definition) is 3. The fraction of sp³-hybridized carbons (Fsp3) is 0.278. The minimum atomic E-state index is 0.0335. The molecule has 0 aliphatic carbocycles.